The summed E-state index contributed by atoms with van der Waals surface area (Å²) in [7, 11) is 0. The molecule has 120 valence electrons. The molecule has 0 radical (unpaired) electrons. The van der Waals surface area contributed by atoms with Gasteiger partial charge in [0.2, 0.25) is 0 Å². The van der Waals surface area contributed by atoms with Crippen molar-refractivity contribution in [2.24, 2.45) is 17.6 Å². The van der Waals surface area contributed by atoms with Crippen molar-refractivity contribution in [2.45, 2.75) is 18.9 Å². The Morgan fingerprint density at radius 3 is 2.91 bits per heavy atom. The highest BCUT2D eigenvalue weighted by atomic mass is 32.1. The first-order valence-corrected chi connectivity index (χ1v) is 8.76. The summed E-state index contributed by atoms with van der Waals surface area (Å²) in [5.41, 5.74) is 6.97. The number of thiazole rings is 1. The van der Waals surface area contributed by atoms with E-state index in [4.69, 9.17) is 5.73 Å². The van der Waals surface area contributed by atoms with E-state index in [9.17, 15) is 9.18 Å². The lowest BCUT2D eigenvalue weighted by atomic mass is 9.98. The Bertz CT molecular complexity index is 747. The first-order chi connectivity index (χ1) is 11.1. The Balaban J connectivity index is 1.53. The fourth-order valence-electron chi connectivity index (χ4n) is 3.77. The minimum atomic E-state index is -0.317. The lowest BCUT2D eigenvalue weighted by Crippen LogP contribution is -2.33. The van der Waals surface area contributed by atoms with Crippen molar-refractivity contribution in [1.29, 1.82) is 0 Å². The lowest BCUT2D eigenvalue weighted by molar-refractivity contribution is 0.0774. The van der Waals surface area contributed by atoms with Crippen molar-refractivity contribution in [3.8, 4) is 10.6 Å². The van der Waals surface area contributed by atoms with E-state index in [1.54, 1.807) is 23.6 Å². The first kappa shape index (κ1) is 14.8. The summed E-state index contributed by atoms with van der Waals surface area (Å²) in [6.45, 7) is 1.49. The third-order valence-electron chi connectivity index (χ3n) is 5.03. The molecule has 1 saturated carbocycles. The van der Waals surface area contributed by atoms with E-state index in [0.29, 0.717) is 28.1 Å². The van der Waals surface area contributed by atoms with Crippen LogP contribution in [0.2, 0.25) is 0 Å². The van der Waals surface area contributed by atoms with Gasteiger partial charge in [-0.3, -0.25) is 4.79 Å². The van der Waals surface area contributed by atoms with Crippen LogP contribution in [-0.4, -0.2) is 34.9 Å². The summed E-state index contributed by atoms with van der Waals surface area (Å²) in [5, 5.41) is 2.26. The second-order valence-electron chi connectivity index (χ2n) is 6.39. The minimum Gasteiger partial charge on any atom is -0.337 e. The maximum atomic E-state index is 13.8. The van der Waals surface area contributed by atoms with Gasteiger partial charge in [0.1, 0.15) is 16.5 Å². The van der Waals surface area contributed by atoms with Crippen molar-refractivity contribution < 1.29 is 9.18 Å². The molecule has 0 spiro atoms. The van der Waals surface area contributed by atoms with Crippen LogP contribution in [0, 0.1) is 17.7 Å². The van der Waals surface area contributed by atoms with Gasteiger partial charge >= 0.3 is 0 Å². The van der Waals surface area contributed by atoms with Gasteiger partial charge in [0.15, 0.2) is 0 Å². The normalized spacial score (nSPS) is 26.5. The second kappa shape index (κ2) is 5.69. The van der Waals surface area contributed by atoms with Crippen molar-refractivity contribution >= 4 is 17.2 Å². The monoisotopic (exact) mass is 331 g/mol. The fraction of sp³-hybridized carbons (Fsp3) is 0.412. The number of halogens is 1. The Hall–Kier alpha value is -1.79. The van der Waals surface area contributed by atoms with Gasteiger partial charge in [-0.15, -0.1) is 11.3 Å². The highest BCUT2D eigenvalue weighted by molar-refractivity contribution is 7.13. The maximum Gasteiger partial charge on any atom is 0.273 e. The smallest absolute Gasteiger partial charge is 0.273 e. The minimum absolute atomic E-state index is 0.0644. The summed E-state index contributed by atoms with van der Waals surface area (Å²) in [6.07, 6.45) is 2.17. The van der Waals surface area contributed by atoms with Gasteiger partial charge < -0.3 is 10.6 Å². The van der Waals surface area contributed by atoms with Crippen molar-refractivity contribution in [2.75, 3.05) is 13.1 Å². The number of benzene rings is 1. The van der Waals surface area contributed by atoms with Crippen molar-refractivity contribution in [3.05, 3.63) is 41.2 Å². The molecule has 2 fully saturated rings. The predicted molar refractivity (Wildman–Crippen MR) is 87.6 cm³/mol. The number of hydrogen-bond donors (Lipinski definition) is 1. The SMILES string of the molecule is NC1CCC2CN(C(=O)c3csc(-c4ccccc4F)n3)CC12. The van der Waals surface area contributed by atoms with E-state index in [2.05, 4.69) is 4.98 Å². The molecule has 1 aromatic carbocycles. The molecule has 3 unspecified atom stereocenters. The van der Waals surface area contributed by atoms with Crippen LogP contribution in [0.5, 0.6) is 0 Å². The van der Waals surface area contributed by atoms with E-state index in [-0.39, 0.29) is 17.8 Å². The standard InChI is InChI=1S/C17H18FN3OS/c18-13-4-2-1-3-11(13)16-20-15(9-23-16)17(22)21-7-10-5-6-14(19)12(10)8-21/h1-4,9-10,12,14H,5-8,19H2. The van der Waals surface area contributed by atoms with Crippen LogP contribution in [0.15, 0.2) is 29.6 Å². The number of rotatable bonds is 2. The number of nitrogens with zero attached hydrogens (tertiary/aromatic N) is 2. The molecule has 1 amide bonds. The van der Waals surface area contributed by atoms with Crippen molar-refractivity contribution in [3.63, 3.8) is 0 Å². The Labute approximate surface area is 138 Å². The highest BCUT2D eigenvalue weighted by Crippen LogP contribution is 2.37. The molecular formula is C17H18FN3OS. The van der Waals surface area contributed by atoms with E-state index < -0.39 is 0 Å². The molecule has 6 heteroatoms. The third-order valence-corrected chi connectivity index (χ3v) is 5.90. The molecule has 2 aromatic rings. The predicted octanol–water partition coefficient (Wildman–Crippen LogP) is 2.76. The number of hydrogen-bond acceptors (Lipinski definition) is 4. The quantitative estimate of drug-likeness (QED) is 0.920. The largest absolute Gasteiger partial charge is 0.337 e. The molecule has 4 rings (SSSR count). The van der Waals surface area contributed by atoms with Gasteiger partial charge in [-0.1, -0.05) is 12.1 Å². The topological polar surface area (TPSA) is 59.2 Å². The number of likely N-dealkylation sites (tertiary alicyclic amines) is 1. The molecule has 23 heavy (non-hydrogen) atoms. The maximum absolute atomic E-state index is 13.8. The van der Waals surface area contributed by atoms with Crippen LogP contribution in [0.1, 0.15) is 23.3 Å². The number of carbonyl (C=O) groups excluding carboxylic acids is 1. The number of fused-ring (bicyclic) bond motifs is 1. The zero-order valence-corrected chi connectivity index (χ0v) is 13.4. The molecule has 1 aromatic heterocycles. The molecule has 3 atom stereocenters. The first-order valence-electron chi connectivity index (χ1n) is 7.89. The van der Waals surface area contributed by atoms with Crippen LogP contribution in [0.25, 0.3) is 10.6 Å². The third kappa shape index (κ3) is 2.56. The van der Waals surface area contributed by atoms with Gasteiger partial charge in [0.25, 0.3) is 5.91 Å². The van der Waals surface area contributed by atoms with E-state index in [0.717, 1.165) is 25.9 Å². The Morgan fingerprint density at radius 2 is 2.13 bits per heavy atom. The Morgan fingerprint density at radius 1 is 1.30 bits per heavy atom. The van der Waals surface area contributed by atoms with Gasteiger partial charge in [0.05, 0.1) is 0 Å². The van der Waals surface area contributed by atoms with Gasteiger partial charge in [0, 0.05) is 30.1 Å². The highest BCUT2D eigenvalue weighted by Gasteiger charge is 2.42. The molecule has 4 nitrogen and oxygen atoms in total. The second-order valence-corrected chi connectivity index (χ2v) is 7.25. The van der Waals surface area contributed by atoms with E-state index in [1.165, 1.54) is 17.4 Å². The summed E-state index contributed by atoms with van der Waals surface area (Å²) in [6, 6.07) is 6.71. The zero-order chi connectivity index (χ0) is 16.0. The van der Waals surface area contributed by atoms with Crippen LogP contribution >= 0.6 is 11.3 Å². The summed E-state index contributed by atoms with van der Waals surface area (Å²) < 4.78 is 13.8. The molecule has 1 aliphatic carbocycles. The molecule has 2 N–H and O–H groups in total. The van der Waals surface area contributed by atoms with E-state index >= 15 is 0 Å². The van der Waals surface area contributed by atoms with Gasteiger partial charge in [-0.05, 0) is 36.8 Å². The summed E-state index contributed by atoms with van der Waals surface area (Å²) in [4.78, 5) is 18.9. The van der Waals surface area contributed by atoms with Crippen molar-refractivity contribution in [1.82, 2.24) is 9.88 Å². The zero-order valence-electron chi connectivity index (χ0n) is 12.6. The lowest BCUT2D eigenvalue weighted by Gasteiger charge is -2.17. The average molecular weight is 331 g/mol. The van der Waals surface area contributed by atoms with Crippen LogP contribution in [0.3, 0.4) is 0 Å². The molecule has 0 bridgehead atoms. The van der Waals surface area contributed by atoms with Crippen LogP contribution < -0.4 is 5.73 Å². The summed E-state index contributed by atoms with van der Waals surface area (Å²) >= 11 is 1.30. The van der Waals surface area contributed by atoms with Crippen LogP contribution in [-0.2, 0) is 0 Å². The number of amides is 1. The molecule has 2 aliphatic rings. The molecule has 2 heterocycles. The van der Waals surface area contributed by atoms with Crippen LogP contribution in [0.4, 0.5) is 4.39 Å². The molecule has 1 aliphatic heterocycles. The molecule has 1 saturated heterocycles. The van der Waals surface area contributed by atoms with Gasteiger partial charge in [-0.2, -0.15) is 0 Å². The fourth-order valence-corrected chi connectivity index (χ4v) is 4.59. The Kier molecular flexibility index (Phi) is 3.66. The van der Waals surface area contributed by atoms with Gasteiger partial charge in [-0.25, -0.2) is 9.37 Å². The number of aromatic nitrogens is 1. The summed E-state index contributed by atoms with van der Waals surface area (Å²) in [5.74, 6) is 0.565. The average Bonchev–Trinajstić information content (AvgIpc) is 3.25. The van der Waals surface area contributed by atoms with E-state index in [1.807, 2.05) is 4.90 Å². The number of nitrogens with two attached hydrogens (primary N) is 1. The number of carbonyl (C=O) groups is 1. The molecular weight excluding hydrogens is 313 g/mol.